The molecule has 0 fully saturated rings. The highest BCUT2D eigenvalue weighted by Crippen LogP contribution is 2.16. The first-order chi connectivity index (χ1) is 10.5. The number of aryl methyl sites for hydroxylation is 1. The van der Waals surface area contributed by atoms with Crippen LogP contribution in [0.3, 0.4) is 0 Å². The van der Waals surface area contributed by atoms with Crippen molar-refractivity contribution in [1.82, 2.24) is 14.6 Å². The molecule has 1 aromatic carbocycles. The van der Waals surface area contributed by atoms with Gasteiger partial charge in [-0.05, 0) is 37.3 Å². The lowest BCUT2D eigenvalue weighted by Gasteiger charge is -2.13. The fourth-order valence-electron chi connectivity index (χ4n) is 2.22. The number of rotatable bonds is 3. The van der Waals surface area contributed by atoms with Gasteiger partial charge in [0.05, 0.1) is 5.69 Å². The van der Waals surface area contributed by atoms with Crippen molar-refractivity contribution in [2.45, 2.75) is 6.92 Å². The number of hydrogen-bond donors (Lipinski definition) is 1. The molecule has 3 rings (SSSR count). The molecule has 1 N–H and O–H groups in total. The number of carbonyl (C=O) groups excluding carboxylic acids is 1. The third-order valence-electron chi connectivity index (χ3n) is 3.35. The zero-order chi connectivity index (χ0) is 15.7. The largest absolute Gasteiger partial charge is 0.378 e. The van der Waals surface area contributed by atoms with Gasteiger partial charge in [0.2, 0.25) is 0 Å². The van der Waals surface area contributed by atoms with Crippen molar-refractivity contribution >= 4 is 22.9 Å². The normalized spacial score (nSPS) is 10.7. The average molecular weight is 295 g/mol. The predicted molar refractivity (Wildman–Crippen MR) is 86.4 cm³/mol. The van der Waals surface area contributed by atoms with E-state index in [9.17, 15) is 4.79 Å². The Kier molecular flexibility index (Phi) is 3.50. The van der Waals surface area contributed by atoms with Gasteiger partial charge in [0.15, 0.2) is 5.65 Å². The van der Waals surface area contributed by atoms with E-state index in [-0.39, 0.29) is 5.91 Å². The van der Waals surface area contributed by atoms with Crippen LogP contribution < -0.4 is 10.2 Å². The second-order valence-corrected chi connectivity index (χ2v) is 5.28. The summed E-state index contributed by atoms with van der Waals surface area (Å²) in [5, 5.41) is 7.18. The molecule has 112 valence electrons. The fourth-order valence-corrected chi connectivity index (χ4v) is 2.22. The number of nitrogens with one attached hydrogen (secondary N) is 1. The summed E-state index contributed by atoms with van der Waals surface area (Å²) in [6, 6.07) is 11.1. The molecule has 2 heterocycles. The summed E-state index contributed by atoms with van der Waals surface area (Å²) in [7, 11) is 3.95. The molecule has 6 heteroatoms. The van der Waals surface area contributed by atoms with Gasteiger partial charge < -0.3 is 10.2 Å². The Labute approximate surface area is 128 Å². The fraction of sp³-hybridized carbons (Fsp3) is 0.188. The highest BCUT2D eigenvalue weighted by atomic mass is 16.2. The number of benzene rings is 1. The van der Waals surface area contributed by atoms with Crippen LogP contribution in [0.15, 0.2) is 42.6 Å². The lowest BCUT2D eigenvalue weighted by Crippen LogP contribution is -2.17. The Morgan fingerprint density at radius 3 is 2.59 bits per heavy atom. The lowest BCUT2D eigenvalue weighted by molar-refractivity contribution is 0.102. The van der Waals surface area contributed by atoms with Crippen LogP contribution in [0, 0.1) is 6.92 Å². The molecule has 2 aromatic heterocycles. The van der Waals surface area contributed by atoms with Gasteiger partial charge in [-0.2, -0.15) is 5.10 Å². The van der Waals surface area contributed by atoms with Crippen molar-refractivity contribution in [1.29, 1.82) is 0 Å². The minimum Gasteiger partial charge on any atom is -0.378 e. The van der Waals surface area contributed by atoms with E-state index in [4.69, 9.17) is 0 Å². The molecule has 22 heavy (non-hydrogen) atoms. The van der Waals surface area contributed by atoms with Crippen LogP contribution in [0.25, 0.3) is 5.65 Å². The zero-order valence-electron chi connectivity index (χ0n) is 12.7. The molecule has 6 nitrogen and oxygen atoms in total. The molecular formula is C16H17N5O. The van der Waals surface area contributed by atoms with Crippen molar-refractivity contribution < 1.29 is 4.79 Å². The number of carbonyl (C=O) groups is 1. The van der Waals surface area contributed by atoms with Crippen molar-refractivity contribution in [3.05, 3.63) is 54.0 Å². The van der Waals surface area contributed by atoms with Crippen molar-refractivity contribution in [2.24, 2.45) is 0 Å². The molecule has 1 amide bonds. The van der Waals surface area contributed by atoms with E-state index in [0.29, 0.717) is 11.3 Å². The predicted octanol–water partition coefficient (Wildman–Crippen LogP) is 2.36. The number of hydrogen-bond acceptors (Lipinski definition) is 4. The molecule has 0 radical (unpaired) electrons. The molecule has 0 aliphatic carbocycles. The monoisotopic (exact) mass is 295 g/mol. The molecule has 0 bridgehead atoms. The standard InChI is InChI=1S/C16H17N5O/c1-11-10-15-17-9-8-14(21(15)19-11)16(22)18-12-4-6-13(7-5-12)20(2)3/h4-10H,1-3H3,(H,18,22). The first-order valence-electron chi connectivity index (χ1n) is 6.95. The Morgan fingerprint density at radius 2 is 1.91 bits per heavy atom. The number of nitrogens with zero attached hydrogens (tertiary/aromatic N) is 4. The van der Waals surface area contributed by atoms with E-state index in [1.54, 1.807) is 16.8 Å². The minimum absolute atomic E-state index is 0.215. The van der Waals surface area contributed by atoms with Gasteiger partial charge in [-0.25, -0.2) is 9.50 Å². The SMILES string of the molecule is Cc1cc2nccc(C(=O)Nc3ccc(N(C)C)cc3)n2n1. The molecule has 0 aliphatic rings. The van der Waals surface area contributed by atoms with E-state index in [0.717, 1.165) is 17.1 Å². The van der Waals surface area contributed by atoms with Gasteiger partial charge >= 0.3 is 0 Å². The number of anilines is 2. The quantitative estimate of drug-likeness (QED) is 0.805. The van der Waals surface area contributed by atoms with Gasteiger partial charge in [0.25, 0.3) is 5.91 Å². The summed E-state index contributed by atoms with van der Waals surface area (Å²) in [6.07, 6.45) is 1.61. The molecule has 0 unspecified atom stereocenters. The smallest absolute Gasteiger partial charge is 0.274 e. The Hall–Kier alpha value is -2.89. The van der Waals surface area contributed by atoms with Crippen LogP contribution in [0.1, 0.15) is 16.2 Å². The summed E-state index contributed by atoms with van der Waals surface area (Å²) in [6.45, 7) is 1.87. The summed E-state index contributed by atoms with van der Waals surface area (Å²) in [5.41, 5.74) is 3.75. The summed E-state index contributed by atoms with van der Waals surface area (Å²) >= 11 is 0. The summed E-state index contributed by atoms with van der Waals surface area (Å²) in [5.74, 6) is -0.215. The average Bonchev–Trinajstić information content (AvgIpc) is 2.87. The molecule has 0 saturated heterocycles. The molecule has 0 saturated carbocycles. The van der Waals surface area contributed by atoms with Gasteiger partial charge in [-0.3, -0.25) is 4.79 Å². The molecule has 0 aliphatic heterocycles. The first-order valence-corrected chi connectivity index (χ1v) is 6.95. The third-order valence-corrected chi connectivity index (χ3v) is 3.35. The molecule has 3 aromatic rings. The Bertz CT molecular complexity index is 820. The van der Waals surface area contributed by atoms with Crippen LogP contribution in [0.2, 0.25) is 0 Å². The van der Waals surface area contributed by atoms with Gasteiger partial charge in [0, 0.05) is 37.7 Å². The maximum atomic E-state index is 12.4. The number of fused-ring (bicyclic) bond motifs is 1. The minimum atomic E-state index is -0.215. The number of aromatic nitrogens is 3. The van der Waals surface area contributed by atoms with E-state index < -0.39 is 0 Å². The maximum absolute atomic E-state index is 12.4. The van der Waals surface area contributed by atoms with Crippen LogP contribution in [0.4, 0.5) is 11.4 Å². The second-order valence-electron chi connectivity index (χ2n) is 5.28. The van der Waals surface area contributed by atoms with Gasteiger partial charge in [-0.1, -0.05) is 0 Å². The molecular weight excluding hydrogens is 278 g/mol. The van der Waals surface area contributed by atoms with Gasteiger partial charge in [0.1, 0.15) is 5.69 Å². The molecule has 0 atom stereocenters. The van der Waals surface area contributed by atoms with E-state index >= 15 is 0 Å². The third kappa shape index (κ3) is 2.63. The van der Waals surface area contributed by atoms with Crippen molar-refractivity contribution in [3.63, 3.8) is 0 Å². The lowest BCUT2D eigenvalue weighted by atomic mass is 10.2. The topological polar surface area (TPSA) is 62.5 Å². The van der Waals surface area contributed by atoms with Crippen molar-refractivity contribution in [3.8, 4) is 0 Å². The van der Waals surface area contributed by atoms with Crippen molar-refractivity contribution in [2.75, 3.05) is 24.3 Å². The second kappa shape index (κ2) is 5.48. The zero-order valence-corrected chi connectivity index (χ0v) is 12.7. The highest BCUT2D eigenvalue weighted by molar-refractivity contribution is 6.03. The van der Waals surface area contributed by atoms with E-state index in [1.807, 2.05) is 56.3 Å². The summed E-state index contributed by atoms with van der Waals surface area (Å²) < 4.78 is 1.55. The Morgan fingerprint density at radius 1 is 1.18 bits per heavy atom. The van der Waals surface area contributed by atoms with E-state index in [1.165, 1.54) is 0 Å². The van der Waals surface area contributed by atoms with Crippen LogP contribution >= 0.6 is 0 Å². The molecule has 0 spiro atoms. The van der Waals surface area contributed by atoms with Gasteiger partial charge in [-0.15, -0.1) is 0 Å². The first kappa shape index (κ1) is 14.1. The van der Waals surface area contributed by atoms with E-state index in [2.05, 4.69) is 15.4 Å². The summed E-state index contributed by atoms with van der Waals surface area (Å²) in [4.78, 5) is 18.6. The van der Waals surface area contributed by atoms with Crippen LogP contribution in [-0.4, -0.2) is 34.6 Å². The number of amides is 1. The maximum Gasteiger partial charge on any atom is 0.274 e. The Balaban J connectivity index is 1.87. The van der Waals surface area contributed by atoms with Crippen LogP contribution in [0.5, 0.6) is 0 Å². The highest BCUT2D eigenvalue weighted by Gasteiger charge is 2.12. The van der Waals surface area contributed by atoms with Crippen LogP contribution in [-0.2, 0) is 0 Å².